The van der Waals surface area contributed by atoms with E-state index in [0.29, 0.717) is 33.5 Å². The van der Waals surface area contributed by atoms with Crippen LogP contribution in [0.1, 0.15) is 49.9 Å². The predicted molar refractivity (Wildman–Crippen MR) is 134 cm³/mol. The van der Waals surface area contributed by atoms with E-state index in [1.54, 1.807) is 16.4 Å². The minimum atomic E-state index is -3.60. The molecule has 2 aromatic carbocycles. The monoisotopic (exact) mass is 525 g/mol. The number of halogens is 2. The summed E-state index contributed by atoms with van der Waals surface area (Å²) in [5.74, 6) is -0.445. The van der Waals surface area contributed by atoms with Gasteiger partial charge < -0.3 is 4.57 Å². The molecule has 3 aromatic rings. The number of amides is 1. The van der Waals surface area contributed by atoms with Gasteiger partial charge in [-0.15, -0.1) is 0 Å². The summed E-state index contributed by atoms with van der Waals surface area (Å²) < 4.78 is 30.6. The van der Waals surface area contributed by atoms with E-state index in [-0.39, 0.29) is 10.9 Å². The van der Waals surface area contributed by atoms with Crippen LogP contribution in [0.5, 0.6) is 0 Å². The Balaban J connectivity index is 1.66. The van der Waals surface area contributed by atoms with Gasteiger partial charge in [-0.25, -0.2) is 8.42 Å². The van der Waals surface area contributed by atoms with Crippen LogP contribution >= 0.6 is 34.5 Å². The molecule has 0 bridgehead atoms. The van der Waals surface area contributed by atoms with Crippen LogP contribution in [0, 0.1) is 0 Å². The molecule has 176 valence electrons. The fourth-order valence-corrected chi connectivity index (χ4v) is 7.90. The highest BCUT2D eigenvalue weighted by atomic mass is 35.5. The Kier molecular flexibility index (Phi) is 7.31. The lowest BCUT2D eigenvalue weighted by Gasteiger charge is -2.34. The molecule has 1 amide bonds. The molecule has 2 heterocycles. The predicted octanol–water partition coefficient (Wildman–Crippen LogP) is 5.72. The summed E-state index contributed by atoms with van der Waals surface area (Å²) in [4.78, 5) is 17.9. The second-order valence-corrected chi connectivity index (χ2v) is 11.7. The second-order valence-electron chi connectivity index (χ2n) is 7.98. The van der Waals surface area contributed by atoms with Gasteiger partial charge in [-0.05, 0) is 62.6 Å². The van der Waals surface area contributed by atoms with Crippen molar-refractivity contribution in [2.75, 3.05) is 6.54 Å². The molecule has 0 N–H and O–H groups in total. The van der Waals surface area contributed by atoms with E-state index in [1.165, 1.54) is 35.6 Å². The number of nitrogens with zero attached hydrogens (tertiary/aromatic N) is 3. The third kappa shape index (κ3) is 4.77. The standard InChI is InChI=1S/C23H25Cl2N3O3S2/c1-3-17-7-5-6-12-28(17)33(30,31)18-10-8-15(9-11-18)22(29)26-23-27(4-2)21-19(25)13-16(24)14-20(21)32-23/h8-11,13-14,17H,3-7,12H2,1-2H3. The van der Waals surface area contributed by atoms with E-state index in [2.05, 4.69) is 4.99 Å². The Morgan fingerprint density at radius 1 is 1.15 bits per heavy atom. The molecule has 0 spiro atoms. The summed E-state index contributed by atoms with van der Waals surface area (Å²) in [6.45, 7) is 5.08. The number of aromatic nitrogens is 1. The van der Waals surface area contributed by atoms with Crippen molar-refractivity contribution in [3.8, 4) is 0 Å². The van der Waals surface area contributed by atoms with Gasteiger partial charge in [0.1, 0.15) is 0 Å². The topological polar surface area (TPSA) is 71.7 Å². The van der Waals surface area contributed by atoms with Crippen LogP contribution in [-0.4, -0.2) is 35.8 Å². The molecule has 1 unspecified atom stereocenters. The lowest BCUT2D eigenvalue weighted by Crippen LogP contribution is -2.43. The van der Waals surface area contributed by atoms with Crippen LogP contribution in [-0.2, 0) is 16.6 Å². The maximum absolute atomic E-state index is 13.2. The number of hydrogen-bond donors (Lipinski definition) is 0. The van der Waals surface area contributed by atoms with Crippen LogP contribution in [0.15, 0.2) is 46.3 Å². The van der Waals surface area contributed by atoms with Gasteiger partial charge >= 0.3 is 0 Å². The van der Waals surface area contributed by atoms with Gasteiger partial charge in [0.25, 0.3) is 5.91 Å². The number of carbonyl (C=O) groups is 1. The van der Waals surface area contributed by atoms with Crippen molar-refractivity contribution >= 4 is 60.7 Å². The molecule has 1 aromatic heterocycles. The number of fused-ring (bicyclic) bond motifs is 1. The van der Waals surface area contributed by atoms with Gasteiger partial charge in [-0.2, -0.15) is 9.30 Å². The van der Waals surface area contributed by atoms with Crippen molar-refractivity contribution in [2.45, 2.75) is 57.0 Å². The number of benzene rings is 2. The first kappa shape index (κ1) is 24.4. The van der Waals surface area contributed by atoms with Gasteiger partial charge in [0.15, 0.2) is 4.80 Å². The van der Waals surface area contributed by atoms with Crippen molar-refractivity contribution in [3.05, 3.63) is 56.8 Å². The molecule has 33 heavy (non-hydrogen) atoms. The van der Waals surface area contributed by atoms with E-state index in [0.717, 1.165) is 35.9 Å². The number of rotatable bonds is 5. The fourth-order valence-electron chi connectivity index (χ4n) is 4.26. The smallest absolute Gasteiger partial charge is 0.279 e. The van der Waals surface area contributed by atoms with Gasteiger partial charge in [-0.3, -0.25) is 4.79 Å². The lowest BCUT2D eigenvalue weighted by molar-refractivity contribution is 0.0997. The summed E-state index contributed by atoms with van der Waals surface area (Å²) in [5, 5.41) is 1.02. The minimum Gasteiger partial charge on any atom is -0.315 e. The molecule has 0 saturated carbocycles. The summed E-state index contributed by atoms with van der Waals surface area (Å²) in [6.07, 6.45) is 3.59. The highest BCUT2D eigenvalue weighted by molar-refractivity contribution is 7.89. The van der Waals surface area contributed by atoms with Crippen molar-refractivity contribution in [3.63, 3.8) is 0 Å². The first-order valence-electron chi connectivity index (χ1n) is 11.0. The minimum absolute atomic E-state index is 0.0258. The maximum atomic E-state index is 13.2. The van der Waals surface area contributed by atoms with Crippen LogP contribution in [0.4, 0.5) is 0 Å². The zero-order valence-corrected chi connectivity index (χ0v) is 21.6. The Hall–Kier alpha value is -1.71. The molecular formula is C23H25Cl2N3O3S2. The summed E-state index contributed by atoms with van der Waals surface area (Å²) >= 11 is 13.8. The molecule has 1 aliphatic heterocycles. The molecule has 1 saturated heterocycles. The van der Waals surface area contributed by atoms with Gasteiger partial charge in [0.05, 0.1) is 20.1 Å². The number of hydrogen-bond acceptors (Lipinski definition) is 4. The molecular weight excluding hydrogens is 501 g/mol. The normalized spacial score (nSPS) is 18.2. The van der Waals surface area contributed by atoms with Crippen molar-refractivity contribution < 1.29 is 13.2 Å². The first-order valence-corrected chi connectivity index (χ1v) is 14.0. The average molecular weight is 527 g/mol. The van der Waals surface area contributed by atoms with Crippen LogP contribution in [0.25, 0.3) is 10.2 Å². The van der Waals surface area contributed by atoms with Crippen molar-refractivity contribution in [2.24, 2.45) is 4.99 Å². The van der Waals surface area contributed by atoms with E-state index in [4.69, 9.17) is 23.2 Å². The molecule has 0 radical (unpaired) electrons. The second kappa shape index (κ2) is 9.88. The molecule has 10 heteroatoms. The molecule has 1 fully saturated rings. The molecule has 6 nitrogen and oxygen atoms in total. The third-order valence-electron chi connectivity index (χ3n) is 5.96. The number of aryl methyl sites for hydroxylation is 1. The van der Waals surface area contributed by atoms with E-state index < -0.39 is 15.9 Å². The van der Waals surface area contributed by atoms with Crippen molar-refractivity contribution in [1.82, 2.24) is 8.87 Å². The Bertz CT molecular complexity index is 1360. The van der Waals surface area contributed by atoms with E-state index in [1.807, 2.05) is 18.4 Å². The first-order chi connectivity index (χ1) is 15.8. The molecule has 1 atom stereocenters. The molecule has 1 aliphatic rings. The van der Waals surface area contributed by atoms with Gasteiger partial charge in [-0.1, -0.05) is 47.9 Å². The highest BCUT2D eigenvalue weighted by Crippen LogP contribution is 2.30. The quantitative estimate of drug-likeness (QED) is 0.427. The number of thiazole rings is 1. The third-order valence-corrected chi connectivity index (χ3v) is 9.46. The Morgan fingerprint density at radius 3 is 2.55 bits per heavy atom. The lowest BCUT2D eigenvalue weighted by atomic mass is 10.0. The highest BCUT2D eigenvalue weighted by Gasteiger charge is 2.32. The summed E-state index contributed by atoms with van der Waals surface area (Å²) in [5.41, 5.74) is 1.11. The van der Waals surface area contributed by atoms with Crippen molar-refractivity contribution in [1.29, 1.82) is 0 Å². The fraction of sp³-hybridized carbons (Fsp3) is 0.391. The van der Waals surface area contributed by atoms with E-state index in [9.17, 15) is 13.2 Å². The molecule has 4 rings (SSSR count). The van der Waals surface area contributed by atoms with E-state index >= 15 is 0 Å². The largest absolute Gasteiger partial charge is 0.315 e. The SMILES string of the molecule is CCC1CCCCN1S(=O)(=O)c1ccc(C(=O)N=c2sc3cc(Cl)cc(Cl)c3n2CC)cc1. The Morgan fingerprint density at radius 2 is 1.88 bits per heavy atom. The van der Waals surface area contributed by atoms with Gasteiger partial charge in [0, 0.05) is 29.7 Å². The zero-order valence-electron chi connectivity index (χ0n) is 18.4. The van der Waals surface area contributed by atoms with Crippen LogP contribution < -0.4 is 4.80 Å². The molecule has 0 aliphatic carbocycles. The summed E-state index contributed by atoms with van der Waals surface area (Å²) in [7, 11) is -3.60. The Labute approximate surface area is 207 Å². The number of piperidine rings is 1. The number of carbonyl (C=O) groups excluding carboxylic acids is 1. The van der Waals surface area contributed by atoms with Crippen LogP contribution in [0.2, 0.25) is 10.0 Å². The summed E-state index contributed by atoms with van der Waals surface area (Å²) in [6, 6.07) is 9.53. The van der Waals surface area contributed by atoms with Gasteiger partial charge in [0.2, 0.25) is 10.0 Å². The zero-order chi connectivity index (χ0) is 23.8. The number of sulfonamides is 1. The average Bonchev–Trinajstić information content (AvgIpc) is 3.16. The van der Waals surface area contributed by atoms with Crippen LogP contribution in [0.3, 0.4) is 0 Å². The maximum Gasteiger partial charge on any atom is 0.279 e.